The first kappa shape index (κ1) is 11.0. The molecule has 2 rings (SSSR count). The van der Waals surface area contributed by atoms with Crippen molar-refractivity contribution < 1.29 is 0 Å². The molecule has 1 aromatic rings. The number of benzene rings is 1. The number of thioether (sulfide) groups is 1. The Morgan fingerprint density at radius 3 is 2.80 bits per heavy atom. The molecule has 0 amide bonds. The molecule has 1 aliphatic heterocycles. The van der Waals surface area contributed by atoms with Gasteiger partial charge in [0.15, 0.2) is 0 Å². The highest BCUT2D eigenvalue weighted by Crippen LogP contribution is 2.42. The lowest BCUT2D eigenvalue weighted by Gasteiger charge is -2.30. The van der Waals surface area contributed by atoms with E-state index in [0.717, 1.165) is 13.0 Å². The maximum absolute atomic E-state index is 5.77. The highest BCUT2D eigenvalue weighted by atomic mass is 32.2. The minimum Gasteiger partial charge on any atom is -0.330 e. The second-order valence-electron chi connectivity index (χ2n) is 4.44. The van der Waals surface area contributed by atoms with Crippen LogP contribution in [-0.2, 0) is 5.41 Å². The van der Waals surface area contributed by atoms with Crippen molar-refractivity contribution in [2.75, 3.05) is 18.1 Å². The van der Waals surface area contributed by atoms with Gasteiger partial charge in [0.1, 0.15) is 0 Å². The highest BCUT2D eigenvalue weighted by molar-refractivity contribution is 7.99. The molecule has 0 spiro atoms. The second kappa shape index (κ2) is 4.58. The molecule has 0 aliphatic carbocycles. The van der Waals surface area contributed by atoms with Gasteiger partial charge >= 0.3 is 0 Å². The van der Waals surface area contributed by atoms with Crippen LogP contribution >= 0.6 is 11.8 Å². The average molecular weight is 221 g/mol. The zero-order chi connectivity index (χ0) is 10.7. The van der Waals surface area contributed by atoms with Crippen molar-refractivity contribution in [2.45, 2.75) is 25.2 Å². The Labute approximate surface area is 96.4 Å². The summed E-state index contributed by atoms with van der Waals surface area (Å²) in [6.07, 6.45) is 2.42. The molecule has 2 N–H and O–H groups in total. The lowest BCUT2D eigenvalue weighted by atomic mass is 9.75. The van der Waals surface area contributed by atoms with E-state index in [9.17, 15) is 0 Å². The van der Waals surface area contributed by atoms with Crippen molar-refractivity contribution in [1.29, 1.82) is 0 Å². The second-order valence-corrected chi connectivity index (χ2v) is 5.54. The standard InChI is InChI=1S/C13H19NS/c1-11-4-2-3-5-12(11)13(6-8-14)7-9-15-10-13/h2-5H,6-10,14H2,1H3. The first-order valence-corrected chi connectivity index (χ1v) is 6.78. The smallest absolute Gasteiger partial charge is 0.00659 e. The van der Waals surface area contributed by atoms with Gasteiger partial charge in [0.25, 0.3) is 0 Å². The molecule has 0 radical (unpaired) electrons. The first-order chi connectivity index (χ1) is 7.28. The Balaban J connectivity index is 2.36. The largest absolute Gasteiger partial charge is 0.330 e. The van der Waals surface area contributed by atoms with Crippen molar-refractivity contribution in [3.63, 3.8) is 0 Å². The molecule has 1 aliphatic rings. The van der Waals surface area contributed by atoms with E-state index in [-0.39, 0.29) is 0 Å². The van der Waals surface area contributed by atoms with Gasteiger partial charge in [-0.15, -0.1) is 0 Å². The maximum atomic E-state index is 5.77. The van der Waals surface area contributed by atoms with Crippen LogP contribution in [-0.4, -0.2) is 18.1 Å². The van der Waals surface area contributed by atoms with Crippen LogP contribution in [0.1, 0.15) is 24.0 Å². The maximum Gasteiger partial charge on any atom is 0.00659 e. The summed E-state index contributed by atoms with van der Waals surface area (Å²) in [6, 6.07) is 8.79. The van der Waals surface area contributed by atoms with Gasteiger partial charge in [0.05, 0.1) is 0 Å². The molecule has 1 nitrogen and oxygen atoms in total. The summed E-state index contributed by atoms with van der Waals surface area (Å²) < 4.78 is 0. The van der Waals surface area contributed by atoms with E-state index in [0.29, 0.717) is 5.41 Å². The summed E-state index contributed by atoms with van der Waals surface area (Å²) in [5.74, 6) is 2.53. The fourth-order valence-electron chi connectivity index (χ4n) is 2.60. The third kappa shape index (κ3) is 2.06. The van der Waals surface area contributed by atoms with Crippen molar-refractivity contribution in [1.82, 2.24) is 0 Å². The molecule has 0 aromatic heterocycles. The lowest BCUT2D eigenvalue weighted by molar-refractivity contribution is 0.450. The SMILES string of the molecule is Cc1ccccc1C1(CCN)CCSC1. The summed E-state index contributed by atoms with van der Waals surface area (Å²) in [4.78, 5) is 0. The van der Waals surface area contributed by atoms with Gasteiger partial charge in [-0.3, -0.25) is 0 Å². The Bertz CT molecular complexity index is 329. The number of aryl methyl sites for hydroxylation is 1. The minimum absolute atomic E-state index is 0.366. The molecule has 1 atom stereocenters. The third-order valence-corrected chi connectivity index (χ3v) is 4.69. The predicted molar refractivity (Wildman–Crippen MR) is 68.5 cm³/mol. The molecule has 82 valence electrons. The zero-order valence-corrected chi connectivity index (χ0v) is 10.1. The summed E-state index contributed by atoms with van der Waals surface area (Å²) in [7, 11) is 0. The van der Waals surface area contributed by atoms with E-state index in [1.807, 2.05) is 0 Å². The molecule has 0 bridgehead atoms. The monoisotopic (exact) mass is 221 g/mol. The molecule has 1 fully saturated rings. The molecule has 1 saturated heterocycles. The van der Waals surface area contributed by atoms with Crippen molar-refractivity contribution >= 4 is 11.8 Å². The minimum atomic E-state index is 0.366. The Hall–Kier alpha value is -0.470. The fourth-order valence-corrected chi connectivity index (χ4v) is 4.11. The van der Waals surface area contributed by atoms with Crippen molar-refractivity contribution in [2.24, 2.45) is 5.73 Å². The van der Waals surface area contributed by atoms with E-state index in [1.54, 1.807) is 0 Å². The molecule has 0 saturated carbocycles. The molecule has 1 aromatic carbocycles. The molecular weight excluding hydrogens is 202 g/mol. The van der Waals surface area contributed by atoms with E-state index < -0.39 is 0 Å². The van der Waals surface area contributed by atoms with E-state index in [1.165, 1.54) is 29.1 Å². The van der Waals surface area contributed by atoms with Gasteiger partial charge in [0.2, 0.25) is 0 Å². The van der Waals surface area contributed by atoms with Crippen LogP contribution in [0.5, 0.6) is 0 Å². The van der Waals surface area contributed by atoms with Crippen molar-refractivity contribution in [3.05, 3.63) is 35.4 Å². The van der Waals surface area contributed by atoms with Gasteiger partial charge in [-0.2, -0.15) is 11.8 Å². The van der Waals surface area contributed by atoms with Crippen LogP contribution in [0.4, 0.5) is 0 Å². The quantitative estimate of drug-likeness (QED) is 0.849. The average Bonchev–Trinajstić information content (AvgIpc) is 2.69. The number of hydrogen-bond donors (Lipinski definition) is 1. The first-order valence-electron chi connectivity index (χ1n) is 5.62. The summed E-state index contributed by atoms with van der Waals surface area (Å²) in [6.45, 7) is 3.02. The van der Waals surface area contributed by atoms with Crippen LogP contribution in [0.15, 0.2) is 24.3 Å². The number of rotatable bonds is 3. The Kier molecular flexibility index (Phi) is 3.37. The summed E-state index contributed by atoms with van der Waals surface area (Å²) in [5.41, 5.74) is 9.09. The van der Waals surface area contributed by atoms with Gasteiger partial charge < -0.3 is 5.73 Å². The fraction of sp³-hybridized carbons (Fsp3) is 0.538. The number of nitrogens with two attached hydrogens (primary N) is 1. The van der Waals surface area contributed by atoms with Crippen LogP contribution in [0, 0.1) is 6.92 Å². The number of hydrogen-bond acceptors (Lipinski definition) is 2. The van der Waals surface area contributed by atoms with E-state index in [2.05, 4.69) is 43.0 Å². The van der Waals surface area contributed by atoms with E-state index >= 15 is 0 Å². The molecule has 1 heterocycles. The van der Waals surface area contributed by atoms with Gasteiger partial charge in [-0.1, -0.05) is 24.3 Å². The predicted octanol–water partition coefficient (Wildman–Crippen LogP) is 2.72. The van der Waals surface area contributed by atoms with Crippen LogP contribution in [0.2, 0.25) is 0 Å². The van der Waals surface area contributed by atoms with E-state index in [4.69, 9.17) is 5.73 Å². The molecule has 1 unspecified atom stereocenters. The summed E-state index contributed by atoms with van der Waals surface area (Å²) in [5, 5.41) is 0. The molecular formula is C13H19NS. The van der Waals surface area contributed by atoms with Gasteiger partial charge in [0, 0.05) is 11.2 Å². The Morgan fingerprint density at radius 1 is 1.40 bits per heavy atom. The van der Waals surface area contributed by atoms with Crippen LogP contribution in [0.25, 0.3) is 0 Å². The molecule has 2 heteroatoms. The van der Waals surface area contributed by atoms with Gasteiger partial charge in [-0.25, -0.2) is 0 Å². The highest BCUT2D eigenvalue weighted by Gasteiger charge is 2.36. The van der Waals surface area contributed by atoms with Crippen LogP contribution in [0.3, 0.4) is 0 Å². The van der Waals surface area contributed by atoms with Crippen molar-refractivity contribution in [3.8, 4) is 0 Å². The molecule has 15 heavy (non-hydrogen) atoms. The normalized spacial score (nSPS) is 25.7. The Morgan fingerprint density at radius 2 is 2.20 bits per heavy atom. The summed E-state index contributed by atoms with van der Waals surface area (Å²) >= 11 is 2.07. The van der Waals surface area contributed by atoms with Crippen LogP contribution < -0.4 is 5.73 Å². The lowest BCUT2D eigenvalue weighted by Crippen LogP contribution is -2.29. The topological polar surface area (TPSA) is 26.0 Å². The third-order valence-electron chi connectivity index (χ3n) is 3.44. The van der Waals surface area contributed by atoms with Gasteiger partial charge in [-0.05, 0) is 43.2 Å². The zero-order valence-electron chi connectivity index (χ0n) is 9.33.